The van der Waals surface area contributed by atoms with E-state index in [1.165, 1.54) is 10.6 Å². The van der Waals surface area contributed by atoms with Crippen molar-refractivity contribution in [2.45, 2.75) is 57.9 Å². The van der Waals surface area contributed by atoms with Crippen LogP contribution < -0.4 is 10.9 Å². The summed E-state index contributed by atoms with van der Waals surface area (Å²) >= 11 is 0. The fourth-order valence-electron chi connectivity index (χ4n) is 6.90. The summed E-state index contributed by atoms with van der Waals surface area (Å²) in [6.45, 7) is 5.93. The van der Waals surface area contributed by atoms with Crippen molar-refractivity contribution in [3.05, 3.63) is 61.7 Å². The number of aryl methyl sites for hydroxylation is 1. The first-order valence-corrected chi connectivity index (χ1v) is 16.9. The van der Waals surface area contributed by atoms with Gasteiger partial charge >= 0.3 is 12.1 Å². The van der Waals surface area contributed by atoms with Gasteiger partial charge in [-0.25, -0.2) is 19.0 Å². The molecule has 0 fully saturated rings. The van der Waals surface area contributed by atoms with Crippen molar-refractivity contribution in [1.29, 1.82) is 0 Å². The second-order valence-electron chi connectivity index (χ2n) is 12.4. The highest BCUT2D eigenvalue weighted by Crippen LogP contribution is 2.46. The number of aliphatic hydroxyl groups excluding tert-OH is 1. The van der Waals surface area contributed by atoms with E-state index >= 15 is 4.39 Å². The number of pyridine rings is 2. The van der Waals surface area contributed by atoms with Crippen LogP contribution in [0.25, 0.3) is 22.3 Å². The van der Waals surface area contributed by atoms with Gasteiger partial charge in [0.2, 0.25) is 0 Å². The third-order valence-corrected chi connectivity index (χ3v) is 9.48. The van der Waals surface area contributed by atoms with Gasteiger partial charge in [0.1, 0.15) is 19.0 Å². The van der Waals surface area contributed by atoms with Gasteiger partial charge in [0.25, 0.3) is 5.56 Å². The molecule has 0 unspecified atom stereocenters. The predicted molar refractivity (Wildman–Crippen MR) is 175 cm³/mol. The van der Waals surface area contributed by atoms with Gasteiger partial charge in [0.15, 0.2) is 5.60 Å². The summed E-state index contributed by atoms with van der Waals surface area (Å²) in [5.41, 5.74) is 1.94. The van der Waals surface area contributed by atoms with E-state index in [9.17, 15) is 19.5 Å². The van der Waals surface area contributed by atoms with Gasteiger partial charge in [-0.15, -0.1) is 0 Å². The van der Waals surface area contributed by atoms with Crippen LogP contribution in [-0.2, 0) is 58.4 Å². The smallest absolute Gasteiger partial charge is 0.407 e. The first-order valence-electron chi connectivity index (χ1n) is 16.9. The van der Waals surface area contributed by atoms with Crippen LogP contribution in [0, 0.1) is 12.7 Å². The molecule has 6 rings (SSSR count). The number of aliphatic hydroxyl groups is 2. The number of fused-ring (bicyclic) bond motifs is 5. The number of nitrogens with one attached hydrogen (secondary N) is 1. The zero-order valence-corrected chi connectivity index (χ0v) is 28.2. The maximum Gasteiger partial charge on any atom is 0.407 e. The molecule has 0 bridgehead atoms. The summed E-state index contributed by atoms with van der Waals surface area (Å²) < 4.78 is 48.7. The average Bonchev–Trinajstić information content (AvgIpc) is 3.48. The summed E-state index contributed by atoms with van der Waals surface area (Å²) in [5, 5.41) is 23.6. The molecular weight excluding hydrogens is 657 g/mol. The Hall–Kier alpha value is -3.99. The minimum absolute atomic E-state index is 0.00542. The third kappa shape index (κ3) is 6.85. The largest absolute Gasteiger partial charge is 0.458 e. The molecule has 15 heteroatoms. The van der Waals surface area contributed by atoms with E-state index in [-0.39, 0.29) is 57.1 Å². The summed E-state index contributed by atoms with van der Waals surface area (Å²) in [7, 11) is 0. The van der Waals surface area contributed by atoms with Gasteiger partial charge in [-0.3, -0.25) is 4.79 Å². The number of aromatic nitrogens is 2. The normalized spacial score (nSPS) is 18.8. The van der Waals surface area contributed by atoms with E-state index in [0.717, 1.165) is 16.5 Å². The molecule has 0 spiro atoms. The lowest BCUT2D eigenvalue weighted by atomic mass is 9.81. The highest BCUT2D eigenvalue weighted by molar-refractivity contribution is 5.93. The van der Waals surface area contributed by atoms with Gasteiger partial charge in [0.05, 0.1) is 94.5 Å². The van der Waals surface area contributed by atoms with Crippen molar-refractivity contribution in [1.82, 2.24) is 14.9 Å². The lowest BCUT2D eigenvalue weighted by Crippen LogP contribution is -2.44. The summed E-state index contributed by atoms with van der Waals surface area (Å²) in [4.78, 5) is 44.2. The minimum Gasteiger partial charge on any atom is -0.458 e. The number of hydrogen-bond acceptors (Lipinski definition) is 12. The molecule has 0 saturated heterocycles. The van der Waals surface area contributed by atoms with Crippen molar-refractivity contribution in [2.75, 3.05) is 66.1 Å². The Kier molecular flexibility index (Phi) is 11.1. The Labute approximate surface area is 287 Å². The Morgan fingerprint density at radius 2 is 1.68 bits per heavy atom. The number of carbonyl (C=O) groups excluding carboxylic acids is 2. The average molecular weight is 700 g/mol. The predicted octanol–water partition coefficient (Wildman–Crippen LogP) is 2.30. The first kappa shape index (κ1) is 35.8. The molecule has 50 heavy (non-hydrogen) atoms. The second kappa shape index (κ2) is 15.5. The zero-order chi connectivity index (χ0) is 35.4. The number of halogens is 1. The summed E-state index contributed by atoms with van der Waals surface area (Å²) in [6, 6.07) is 2.45. The van der Waals surface area contributed by atoms with Crippen molar-refractivity contribution in [3.8, 4) is 11.4 Å². The highest BCUT2D eigenvalue weighted by Gasteiger charge is 2.46. The van der Waals surface area contributed by atoms with Crippen LogP contribution >= 0.6 is 0 Å². The number of esters is 1. The van der Waals surface area contributed by atoms with Crippen LogP contribution in [0.3, 0.4) is 0 Å². The molecule has 4 heterocycles. The molecule has 14 nitrogen and oxygen atoms in total. The Morgan fingerprint density at radius 3 is 2.34 bits per heavy atom. The second-order valence-corrected chi connectivity index (χ2v) is 12.4. The van der Waals surface area contributed by atoms with Gasteiger partial charge in [-0.05, 0) is 48.9 Å². The first-order chi connectivity index (χ1) is 24.2. The van der Waals surface area contributed by atoms with E-state index in [0.29, 0.717) is 80.5 Å². The number of carbonyl (C=O) groups is 2. The summed E-state index contributed by atoms with van der Waals surface area (Å²) in [5.74, 6) is -1.22. The van der Waals surface area contributed by atoms with Crippen molar-refractivity contribution in [3.63, 3.8) is 0 Å². The zero-order valence-electron chi connectivity index (χ0n) is 28.2. The van der Waals surface area contributed by atoms with Crippen LogP contribution in [0.15, 0.2) is 16.9 Å². The van der Waals surface area contributed by atoms with Crippen LogP contribution in [-0.4, -0.2) is 97.9 Å². The minimum atomic E-state index is -1.98. The number of alkyl carbamates (subject to hydrolysis) is 1. The van der Waals surface area contributed by atoms with Crippen LogP contribution in [0.5, 0.6) is 0 Å². The number of cyclic esters (lactones) is 1. The van der Waals surface area contributed by atoms with E-state index in [1.54, 1.807) is 19.9 Å². The van der Waals surface area contributed by atoms with Crippen molar-refractivity contribution >= 4 is 23.0 Å². The number of ether oxygens (including phenoxy) is 6. The number of nitrogens with zero attached hydrogens (tertiary/aromatic N) is 2. The molecule has 3 aliphatic rings. The highest BCUT2D eigenvalue weighted by atomic mass is 19.1. The number of amides is 1. The number of rotatable bonds is 16. The molecule has 3 aromatic rings. The van der Waals surface area contributed by atoms with Gasteiger partial charge in [-0.2, -0.15) is 0 Å². The number of hydrogen-bond donors (Lipinski definition) is 3. The molecule has 2 aliphatic heterocycles. The van der Waals surface area contributed by atoms with Gasteiger partial charge in [-0.1, -0.05) is 6.92 Å². The van der Waals surface area contributed by atoms with E-state index in [2.05, 4.69) is 5.32 Å². The molecule has 270 valence electrons. The molecule has 2 atom stereocenters. The molecule has 1 aliphatic carbocycles. The fourth-order valence-corrected chi connectivity index (χ4v) is 6.90. The molecule has 1 amide bonds. The van der Waals surface area contributed by atoms with Crippen molar-refractivity contribution < 1.29 is 52.6 Å². The molecular formula is C35H42FN3O11. The topological polar surface area (TPSA) is 177 Å². The van der Waals surface area contributed by atoms with E-state index in [4.69, 9.17) is 38.5 Å². The van der Waals surface area contributed by atoms with E-state index in [1.807, 2.05) is 0 Å². The van der Waals surface area contributed by atoms with Crippen LogP contribution in [0.4, 0.5) is 9.18 Å². The Balaban J connectivity index is 1.13. The molecule has 2 aromatic heterocycles. The lowest BCUT2D eigenvalue weighted by Gasteiger charge is -2.31. The van der Waals surface area contributed by atoms with E-state index < -0.39 is 35.1 Å². The monoisotopic (exact) mass is 699 g/mol. The van der Waals surface area contributed by atoms with Gasteiger partial charge < -0.3 is 48.5 Å². The molecule has 3 N–H and O–H groups in total. The molecule has 0 radical (unpaired) electrons. The fraction of sp³-hybridized carbons (Fsp3) is 0.543. The van der Waals surface area contributed by atoms with Crippen molar-refractivity contribution in [2.24, 2.45) is 0 Å². The molecule has 1 aromatic carbocycles. The maximum absolute atomic E-state index is 15.1. The quantitative estimate of drug-likeness (QED) is 0.115. The van der Waals surface area contributed by atoms with Crippen LogP contribution in [0.2, 0.25) is 0 Å². The Morgan fingerprint density at radius 1 is 1.02 bits per heavy atom. The van der Waals surface area contributed by atoms with Crippen LogP contribution in [0.1, 0.15) is 59.2 Å². The lowest BCUT2D eigenvalue weighted by molar-refractivity contribution is -0.172. The number of benzene rings is 1. The third-order valence-electron chi connectivity index (χ3n) is 9.48. The Bertz CT molecular complexity index is 1830. The SMILES string of the molecule is CC[C@@]1(O)C(=O)OCc2c1cc1n(c2=O)Cc2c-1nc1cc(F)c(C)c3c1c2[C@@H](NC(=O)OCCOCCOCCOCCOCCO)CC3. The van der Waals surface area contributed by atoms with Gasteiger partial charge in [0, 0.05) is 22.6 Å². The standard InChI is InChI=1S/C35H42FN3O11/c1-3-35(44)24-16-28-31-22(18-39(28)32(41)23(24)19-50-33(35)42)30-26(5-4-21-20(2)25(36)17-27(37-31)29(21)30)38-34(43)49-15-14-48-13-12-47-11-10-46-9-8-45-7-6-40/h16-17,26,40,44H,3-15,18-19H2,1-2H3,(H,38,43)/t26-,35-/m0/s1. The maximum atomic E-state index is 15.1. The molecule has 0 saturated carbocycles. The summed E-state index contributed by atoms with van der Waals surface area (Å²) in [6.07, 6.45) is 0.313.